The smallest absolute Gasteiger partial charge is 0.108 e. The fourth-order valence-corrected chi connectivity index (χ4v) is 1.08. The maximum absolute atomic E-state index is 10.1. The maximum atomic E-state index is 10.1. The Morgan fingerprint density at radius 3 is 2.36 bits per heavy atom. The van der Waals surface area contributed by atoms with Crippen LogP contribution in [0.3, 0.4) is 0 Å². The molecule has 0 aliphatic carbocycles. The topological polar surface area (TPSA) is 95.9 Å². The molecule has 0 bridgehead atoms. The summed E-state index contributed by atoms with van der Waals surface area (Å²) in [5.74, 6) is 0. The van der Waals surface area contributed by atoms with Gasteiger partial charge in [-0.05, 0) is 22.9 Å². The number of nitrogens with two attached hydrogens (primary N) is 1. The summed E-state index contributed by atoms with van der Waals surface area (Å²) < 4.78 is 0. The summed E-state index contributed by atoms with van der Waals surface area (Å²) in [5.41, 5.74) is 6.28. The van der Waals surface area contributed by atoms with Gasteiger partial charge in [-0.25, -0.2) is 0 Å². The highest BCUT2D eigenvalue weighted by molar-refractivity contribution is 5.39. The number of aliphatic hydroxyl groups excluding tert-OH is 2. The van der Waals surface area contributed by atoms with E-state index in [1.807, 2.05) is 0 Å². The molecule has 1 rings (SSSR count). The van der Waals surface area contributed by atoms with Crippen LogP contribution in [0.1, 0.15) is 11.7 Å². The van der Waals surface area contributed by atoms with Crippen molar-refractivity contribution in [3.8, 4) is 0 Å². The van der Waals surface area contributed by atoms with E-state index in [2.05, 4.69) is 5.18 Å². The summed E-state index contributed by atoms with van der Waals surface area (Å²) in [4.78, 5) is 10.1. The van der Waals surface area contributed by atoms with E-state index in [-0.39, 0.29) is 6.61 Å². The minimum Gasteiger partial charge on any atom is -0.395 e. The van der Waals surface area contributed by atoms with E-state index in [9.17, 15) is 10.0 Å². The summed E-state index contributed by atoms with van der Waals surface area (Å²) in [6, 6.07) is 5.35. The summed E-state index contributed by atoms with van der Waals surface area (Å²) in [5, 5.41) is 21.0. The fourth-order valence-electron chi connectivity index (χ4n) is 1.08. The molecule has 0 fully saturated rings. The molecule has 0 saturated carbocycles. The number of rotatable bonds is 4. The number of aliphatic hydroxyl groups is 2. The number of nitrogens with zero attached hydrogens (tertiary/aromatic N) is 1. The summed E-state index contributed by atoms with van der Waals surface area (Å²) >= 11 is 0. The van der Waals surface area contributed by atoms with Crippen molar-refractivity contribution in [3.05, 3.63) is 34.7 Å². The zero-order valence-corrected chi connectivity index (χ0v) is 7.50. The molecule has 2 atom stereocenters. The average molecular weight is 196 g/mol. The Balaban J connectivity index is 2.80. The first kappa shape index (κ1) is 10.8. The van der Waals surface area contributed by atoms with Crippen LogP contribution >= 0.6 is 0 Å². The third-order valence-electron chi connectivity index (χ3n) is 1.96. The highest BCUT2D eigenvalue weighted by atomic mass is 16.3. The van der Waals surface area contributed by atoms with Crippen molar-refractivity contribution in [2.24, 2.45) is 10.9 Å². The predicted octanol–water partition coefficient (Wildman–Crippen LogP) is 0.438. The van der Waals surface area contributed by atoms with Gasteiger partial charge in [0.2, 0.25) is 0 Å². The van der Waals surface area contributed by atoms with Gasteiger partial charge in [-0.1, -0.05) is 12.1 Å². The fraction of sp³-hybridized carbons (Fsp3) is 0.333. The lowest BCUT2D eigenvalue weighted by atomic mass is 10.0. The molecule has 5 nitrogen and oxygen atoms in total. The molecule has 0 unspecified atom stereocenters. The Morgan fingerprint density at radius 1 is 1.36 bits per heavy atom. The second-order valence-corrected chi connectivity index (χ2v) is 2.97. The zero-order chi connectivity index (χ0) is 10.6. The Bertz CT molecular complexity index is 299. The predicted molar refractivity (Wildman–Crippen MR) is 51.9 cm³/mol. The summed E-state index contributed by atoms with van der Waals surface area (Å²) in [6.45, 7) is -0.297. The number of benzene rings is 1. The van der Waals surface area contributed by atoms with Crippen molar-refractivity contribution >= 4 is 5.69 Å². The van der Waals surface area contributed by atoms with Crippen LogP contribution in [-0.2, 0) is 0 Å². The zero-order valence-electron chi connectivity index (χ0n) is 7.50. The molecule has 14 heavy (non-hydrogen) atoms. The highest BCUT2D eigenvalue weighted by Crippen LogP contribution is 2.19. The highest BCUT2D eigenvalue weighted by Gasteiger charge is 2.15. The van der Waals surface area contributed by atoms with Crippen LogP contribution in [0.5, 0.6) is 0 Å². The molecule has 1 aromatic rings. The van der Waals surface area contributed by atoms with Gasteiger partial charge in [-0.2, -0.15) is 0 Å². The molecule has 5 heteroatoms. The average Bonchev–Trinajstić information content (AvgIpc) is 2.27. The van der Waals surface area contributed by atoms with Gasteiger partial charge in [0, 0.05) is 0 Å². The molecule has 0 aliphatic heterocycles. The van der Waals surface area contributed by atoms with Crippen molar-refractivity contribution in [1.29, 1.82) is 0 Å². The van der Waals surface area contributed by atoms with Crippen LogP contribution in [-0.4, -0.2) is 22.9 Å². The first-order valence-corrected chi connectivity index (χ1v) is 4.17. The Morgan fingerprint density at radius 2 is 1.93 bits per heavy atom. The third-order valence-corrected chi connectivity index (χ3v) is 1.96. The van der Waals surface area contributed by atoms with Gasteiger partial charge in [0.15, 0.2) is 0 Å². The minimum atomic E-state index is -0.930. The third kappa shape index (κ3) is 2.35. The van der Waals surface area contributed by atoms with Crippen molar-refractivity contribution in [3.63, 3.8) is 0 Å². The second kappa shape index (κ2) is 4.80. The number of hydrogen-bond donors (Lipinski definition) is 3. The van der Waals surface area contributed by atoms with E-state index in [0.717, 1.165) is 0 Å². The second-order valence-electron chi connectivity index (χ2n) is 2.97. The van der Waals surface area contributed by atoms with E-state index in [4.69, 9.17) is 10.8 Å². The number of nitroso groups, excluding NO2 is 1. The SMILES string of the molecule is N[C@H](CO)[C@H](O)c1ccc(N=O)cc1. The normalized spacial score (nSPS) is 14.8. The molecular weight excluding hydrogens is 184 g/mol. The van der Waals surface area contributed by atoms with E-state index >= 15 is 0 Å². The van der Waals surface area contributed by atoms with Crippen molar-refractivity contribution in [1.82, 2.24) is 0 Å². The molecule has 0 radical (unpaired) electrons. The van der Waals surface area contributed by atoms with Crippen LogP contribution in [0.2, 0.25) is 0 Å². The monoisotopic (exact) mass is 196 g/mol. The van der Waals surface area contributed by atoms with Crippen LogP contribution in [0.4, 0.5) is 5.69 Å². The van der Waals surface area contributed by atoms with E-state index in [1.165, 1.54) is 12.1 Å². The molecule has 1 aromatic carbocycles. The molecule has 4 N–H and O–H groups in total. The Kier molecular flexibility index (Phi) is 3.70. The Hall–Kier alpha value is -1.30. The largest absolute Gasteiger partial charge is 0.395 e. The van der Waals surface area contributed by atoms with Crippen molar-refractivity contribution < 1.29 is 10.2 Å². The maximum Gasteiger partial charge on any atom is 0.108 e. The molecule has 0 spiro atoms. The lowest BCUT2D eigenvalue weighted by molar-refractivity contribution is 0.109. The van der Waals surface area contributed by atoms with Gasteiger partial charge in [0.05, 0.1) is 18.8 Å². The minimum absolute atomic E-state index is 0.290. The Labute approximate surface area is 81.1 Å². The standard InChI is InChI=1S/C9H12N2O3/c10-8(5-12)9(13)6-1-3-7(11-14)4-2-6/h1-4,8-9,12-13H,5,10H2/t8-,9-/m1/s1. The van der Waals surface area contributed by atoms with Gasteiger partial charge in [0.1, 0.15) is 5.69 Å². The van der Waals surface area contributed by atoms with Crippen molar-refractivity contribution in [2.75, 3.05) is 6.61 Å². The number of hydrogen-bond acceptors (Lipinski definition) is 5. The van der Waals surface area contributed by atoms with Crippen LogP contribution < -0.4 is 5.73 Å². The molecule has 76 valence electrons. The van der Waals surface area contributed by atoms with Crippen molar-refractivity contribution in [2.45, 2.75) is 12.1 Å². The molecule has 0 aromatic heterocycles. The van der Waals surface area contributed by atoms with E-state index < -0.39 is 12.1 Å². The molecule has 0 saturated heterocycles. The van der Waals surface area contributed by atoms with Gasteiger partial charge in [-0.15, -0.1) is 4.91 Å². The van der Waals surface area contributed by atoms with Crippen LogP contribution in [0.15, 0.2) is 29.4 Å². The van der Waals surface area contributed by atoms with Gasteiger partial charge in [-0.3, -0.25) is 0 Å². The van der Waals surface area contributed by atoms with E-state index in [0.29, 0.717) is 11.3 Å². The quantitative estimate of drug-likeness (QED) is 0.609. The van der Waals surface area contributed by atoms with Crippen LogP contribution in [0, 0.1) is 4.91 Å². The first-order valence-electron chi connectivity index (χ1n) is 4.17. The van der Waals surface area contributed by atoms with Crippen LogP contribution in [0.25, 0.3) is 0 Å². The van der Waals surface area contributed by atoms with Gasteiger partial charge < -0.3 is 15.9 Å². The molecule has 0 heterocycles. The lowest BCUT2D eigenvalue weighted by Crippen LogP contribution is -2.31. The van der Waals surface area contributed by atoms with Gasteiger partial charge >= 0.3 is 0 Å². The van der Waals surface area contributed by atoms with Gasteiger partial charge in [0.25, 0.3) is 0 Å². The summed E-state index contributed by atoms with van der Waals surface area (Å²) in [7, 11) is 0. The first-order chi connectivity index (χ1) is 6.69. The van der Waals surface area contributed by atoms with E-state index in [1.54, 1.807) is 12.1 Å². The lowest BCUT2D eigenvalue weighted by Gasteiger charge is -2.16. The molecule has 0 aliphatic rings. The molecular formula is C9H12N2O3. The summed E-state index contributed by atoms with van der Waals surface area (Å²) in [6.07, 6.45) is -0.930. The molecule has 0 amide bonds.